The van der Waals surface area contributed by atoms with Gasteiger partial charge in [0.05, 0.1) is 13.2 Å². The van der Waals surface area contributed by atoms with Gasteiger partial charge in [-0.05, 0) is 0 Å². The van der Waals surface area contributed by atoms with Gasteiger partial charge in [-0.3, -0.25) is 9.59 Å². The molecule has 0 saturated heterocycles. The molecule has 6 heteroatoms. The summed E-state index contributed by atoms with van der Waals surface area (Å²) >= 11 is 0. The van der Waals surface area contributed by atoms with Crippen LogP contribution in [-0.2, 0) is 9.59 Å². The lowest BCUT2D eigenvalue weighted by atomic mass is 10.1. The fraction of sp³-hybridized carbons (Fsp3) is 0.667. The normalized spacial score (nSPS) is 14.9. The molecule has 0 aromatic heterocycles. The molecule has 70 valence electrons. The first-order valence-electron chi connectivity index (χ1n) is 3.30. The van der Waals surface area contributed by atoms with Gasteiger partial charge in [0.25, 0.3) is 0 Å². The van der Waals surface area contributed by atoms with E-state index in [9.17, 15) is 9.59 Å². The summed E-state index contributed by atoms with van der Waals surface area (Å²) in [7, 11) is 0. The van der Waals surface area contributed by atoms with E-state index in [2.05, 4.69) is 0 Å². The molecule has 0 aliphatic rings. The molecule has 6 nitrogen and oxygen atoms in total. The second-order valence-electron chi connectivity index (χ2n) is 2.16. The average molecular weight is 177 g/mol. The molecular formula is C6H11NO5. The van der Waals surface area contributed by atoms with E-state index in [1.54, 1.807) is 0 Å². The fourth-order valence-corrected chi connectivity index (χ4v) is 0.561. The molecule has 0 heterocycles. The number of carbonyl (C=O) groups excluding carboxylic acids is 2. The Morgan fingerprint density at radius 1 is 1.50 bits per heavy atom. The van der Waals surface area contributed by atoms with Crippen LogP contribution in [0.1, 0.15) is 0 Å². The van der Waals surface area contributed by atoms with Crippen molar-refractivity contribution in [2.75, 3.05) is 13.2 Å². The van der Waals surface area contributed by atoms with Crippen molar-refractivity contribution in [3.63, 3.8) is 0 Å². The third kappa shape index (κ3) is 3.42. The van der Waals surface area contributed by atoms with Gasteiger partial charge in [0.15, 0.2) is 5.78 Å². The third-order valence-electron chi connectivity index (χ3n) is 1.24. The second-order valence-corrected chi connectivity index (χ2v) is 2.16. The summed E-state index contributed by atoms with van der Waals surface area (Å²) in [5.41, 5.74) is 0. The first-order chi connectivity index (χ1) is 5.63. The number of rotatable bonds is 6. The Morgan fingerprint density at radius 2 is 2.08 bits per heavy atom. The maximum atomic E-state index is 10.8. The molecule has 0 aliphatic carbocycles. The van der Waals surface area contributed by atoms with E-state index in [0.29, 0.717) is 6.41 Å². The van der Waals surface area contributed by atoms with E-state index in [4.69, 9.17) is 15.3 Å². The highest BCUT2D eigenvalue weighted by Crippen LogP contribution is 1.92. The summed E-state index contributed by atoms with van der Waals surface area (Å²) in [5, 5.41) is 28.0. The van der Waals surface area contributed by atoms with E-state index in [0.717, 1.165) is 0 Å². The molecule has 0 aromatic rings. The van der Waals surface area contributed by atoms with Crippen molar-refractivity contribution in [3.05, 3.63) is 0 Å². The van der Waals surface area contributed by atoms with Crippen LogP contribution in [0.4, 0.5) is 0 Å². The number of amides is 1. The lowest BCUT2D eigenvalue weighted by Crippen LogP contribution is -2.40. The van der Waals surface area contributed by atoms with Crippen LogP contribution >= 0.6 is 0 Å². The molecule has 0 aromatic carbocycles. The van der Waals surface area contributed by atoms with Crippen LogP contribution in [0, 0.1) is 0 Å². The molecule has 0 radical (unpaired) electrons. The molecule has 4 N–H and O–H groups in total. The minimum atomic E-state index is -1.65. The van der Waals surface area contributed by atoms with Crippen molar-refractivity contribution in [2.24, 2.45) is 0 Å². The maximum Gasteiger partial charge on any atom is 0.207 e. The molecule has 2 atom stereocenters. The lowest BCUT2D eigenvalue weighted by Gasteiger charge is -2.13. The zero-order valence-corrected chi connectivity index (χ0v) is 6.30. The number of aliphatic hydroxyl groups excluding tert-OH is 3. The second kappa shape index (κ2) is 5.64. The van der Waals surface area contributed by atoms with Gasteiger partial charge in [-0.2, -0.15) is 0 Å². The molecule has 1 amide bonds. The van der Waals surface area contributed by atoms with Crippen LogP contribution in [0.2, 0.25) is 0 Å². The first kappa shape index (κ1) is 11.0. The number of hydrogen-bond acceptors (Lipinski definition) is 5. The van der Waals surface area contributed by atoms with Crippen molar-refractivity contribution in [2.45, 2.75) is 12.2 Å². The van der Waals surface area contributed by atoms with Gasteiger partial charge >= 0.3 is 0 Å². The Bertz CT molecular complexity index is 160. The van der Waals surface area contributed by atoms with Crippen LogP contribution in [0.3, 0.4) is 0 Å². The third-order valence-corrected chi connectivity index (χ3v) is 1.24. The van der Waals surface area contributed by atoms with Crippen molar-refractivity contribution >= 4 is 12.2 Å². The molecule has 0 fully saturated rings. The Balaban J connectivity index is 3.83. The van der Waals surface area contributed by atoms with Gasteiger partial charge in [0.2, 0.25) is 6.41 Å². The number of aliphatic hydroxyl groups is 3. The Morgan fingerprint density at radius 3 is 2.50 bits per heavy atom. The number of nitrogens with one attached hydrogen (secondary N) is 1. The maximum absolute atomic E-state index is 10.8. The summed E-state index contributed by atoms with van der Waals surface area (Å²) in [6.45, 7) is -1.06. The zero-order chi connectivity index (χ0) is 9.56. The van der Waals surface area contributed by atoms with Crippen molar-refractivity contribution < 1.29 is 24.9 Å². The largest absolute Gasteiger partial charge is 0.394 e. The first-order valence-corrected chi connectivity index (χ1v) is 3.30. The van der Waals surface area contributed by atoms with E-state index < -0.39 is 24.6 Å². The Labute approximate surface area is 68.8 Å². The quantitative estimate of drug-likeness (QED) is 0.324. The van der Waals surface area contributed by atoms with Gasteiger partial charge < -0.3 is 20.6 Å². The predicted molar refractivity (Wildman–Crippen MR) is 38.2 cm³/mol. The van der Waals surface area contributed by atoms with E-state index >= 15 is 0 Å². The average Bonchev–Trinajstić information content (AvgIpc) is 2.11. The Hall–Kier alpha value is -0.980. The smallest absolute Gasteiger partial charge is 0.207 e. The molecule has 0 aliphatic heterocycles. The zero-order valence-electron chi connectivity index (χ0n) is 6.30. The number of ketones is 1. The minimum Gasteiger partial charge on any atom is -0.394 e. The van der Waals surface area contributed by atoms with Gasteiger partial charge in [-0.25, -0.2) is 0 Å². The van der Waals surface area contributed by atoms with Crippen molar-refractivity contribution in [3.8, 4) is 0 Å². The molecule has 12 heavy (non-hydrogen) atoms. The SMILES string of the molecule is O=CNCC(=O)[C@@H](O)C(O)CO. The summed E-state index contributed by atoms with van der Waals surface area (Å²) in [6, 6.07) is 0. The number of Topliss-reactive ketones (excluding diaryl/α,β-unsaturated/α-hetero) is 1. The van der Waals surface area contributed by atoms with Crippen LogP contribution in [0.15, 0.2) is 0 Å². The van der Waals surface area contributed by atoms with Gasteiger partial charge in [-0.1, -0.05) is 0 Å². The van der Waals surface area contributed by atoms with E-state index in [-0.39, 0.29) is 6.54 Å². The Kier molecular flexibility index (Phi) is 5.18. The monoisotopic (exact) mass is 177 g/mol. The summed E-state index contributed by atoms with van der Waals surface area (Å²) in [4.78, 5) is 20.5. The van der Waals surface area contributed by atoms with Crippen LogP contribution in [0.5, 0.6) is 0 Å². The molecule has 0 saturated carbocycles. The number of hydrogen-bond donors (Lipinski definition) is 4. The van der Waals surface area contributed by atoms with Crippen molar-refractivity contribution in [1.29, 1.82) is 0 Å². The van der Waals surface area contributed by atoms with Crippen LogP contribution in [0.25, 0.3) is 0 Å². The highest BCUT2D eigenvalue weighted by Gasteiger charge is 2.22. The van der Waals surface area contributed by atoms with Gasteiger partial charge in [0, 0.05) is 0 Å². The minimum absolute atomic E-state index is 0.302. The highest BCUT2D eigenvalue weighted by atomic mass is 16.4. The molecule has 0 spiro atoms. The highest BCUT2D eigenvalue weighted by molar-refractivity contribution is 5.86. The molecular weight excluding hydrogens is 166 g/mol. The predicted octanol–water partition coefficient (Wildman–Crippen LogP) is -2.98. The molecule has 0 rings (SSSR count). The molecule has 0 bridgehead atoms. The van der Waals surface area contributed by atoms with Crippen LogP contribution in [-0.4, -0.2) is 52.9 Å². The molecule has 1 unspecified atom stereocenters. The van der Waals surface area contributed by atoms with E-state index in [1.165, 1.54) is 0 Å². The topological polar surface area (TPSA) is 107 Å². The lowest BCUT2D eigenvalue weighted by molar-refractivity contribution is -0.134. The number of carbonyl (C=O) groups is 2. The fourth-order valence-electron chi connectivity index (χ4n) is 0.561. The van der Waals surface area contributed by atoms with Crippen LogP contribution < -0.4 is 5.32 Å². The van der Waals surface area contributed by atoms with Crippen molar-refractivity contribution in [1.82, 2.24) is 5.32 Å². The summed E-state index contributed by atoms with van der Waals surface area (Å²) < 4.78 is 0. The summed E-state index contributed by atoms with van der Waals surface area (Å²) in [5.74, 6) is -0.747. The standard InChI is InChI=1S/C6H11NO5/c8-2-5(11)6(12)4(10)1-7-3-9/h3,5-6,8,11-12H,1-2H2,(H,7,9)/t5?,6-/m1/s1. The summed E-state index contributed by atoms with van der Waals surface area (Å²) in [6.07, 6.45) is -2.84. The van der Waals surface area contributed by atoms with Gasteiger partial charge in [0.1, 0.15) is 12.2 Å². The van der Waals surface area contributed by atoms with E-state index in [1.807, 2.05) is 5.32 Å². The van der Waals surface area contributed by atoms with Gasteiger partial charge in [-0.15, -0.1) is 0 Å².